The summed E-state index contributed by atoms with van der Waals surface area (Å²) in [6.45, 7) is 3.22. The molecule has 1 heterocycles. The van der Waals surface area contributed by atoms with Crippen molar-refractivity contribution in [3.63, 3.8) is 0 Å². The van der Waals surface area contributed by atoms with Crippen LogP contribution in [0.4, 0.5) is 0 Å². The molecule has 0 bridgehead atoms. The van der Waals surface area contributed by atoms with E-state index in [1.54, 1.807) is 0 Å². The summed E-state index contributed by atoms with van der Waals surface area (Å²) in [5.41, 5.74) is 2.85. The maximum Gasteiger partial charge on any atom is 0.106 e. The van der Waals surface area contributed by atoms with Crippen molar-refractivity contribution in [1.82, 2.24) is 9.55 Å². The number of alkyl halides is 1. The van der Waals surface area contributed by atoms with Gasteiger partial charge in [-0.1, -0.05) is 0 Å². The summed E-state index contributed by atoms with van der Waals surface area (Å²) >= 11 is 5.70. The van der Waals surface area contributed by atoms with E-state index < -0.39 is 0 Å². The molecule has 0 amide bonds. The Morgan fingerprint density at radius 3 is 2.87 bits per heavy atom. The largest absolute Gasteiger partial charge is 0.332 e. The topological polar surface area (TPSA) is 17.8 Å². The van der Waals surface area contributed by atoms with Gasteiger partial charge in [0.25, 0.3) is 0 Å². The molecule has 0 saturated carbocycles. The molecule has 2 nitrogen and oxygen atoms in total. The Morgan fingerprint density at radius 2 is 2.07 bits per heavy atom. The molecule has 0 atom stereocenters. The van der Waals surface area contributed by atoms with E-state index in [1.807, 2.05) is 0 Å². The first kappa shape index (κ1) is 11.0. The maximum atomic E-state index is 5.70. The molecule has 1 aromatic heterocycles. The van der Waals surface area contributed by atoms with Crippen LogP contribution in [0.25, 0.3) is 0 Å². The van der Waals surface area contributed by atoms with E-state index >= 15 is 0 Å². The fourth-order valence-corrected chi connectivity index (χ4v) is 2.59. The molecule has 0 fully saturated rings. The van der Waals surface area contributed by atoms with Gasteiger partial charge in [-0.15, -0.1) is 11.6 Å². The Labute approximate surface area is 96.7 Å². The van der Waals surface area contributed by atoms with Crippen LogP contribution in [0, 0.1) is 6.92 Å². The smallest absolute Gasteiger partial charge is 0.106 e. The third-order valence-electron chi connectivity index (χ3n) is 3.19. The zero-order valence-corrected chi connectivity index (χ0v) is 10.2. The first-order valence-electron chi connectivity index (χ1n) is 5.94. The number of hydrogen-bond donors (Lipinski definition) is 0. The van der Waals surface area contributed by atoms with Crippen molar-refractivity contribution < 1.29 is 0 Å². The molecule has 1 aromatic rings. The Bertz CT molecular complexity index is 331. The third-order valence-corrected chi connectivity index (χ3v) is 3.46. The van der Waals surface area contributed by atoms with Crippen LogP contribution in [-0.4, -0.2) is 15.4 Å². The van der Waals surface area contributed by atoms with Gasteiger partial charge in [0, 0.05) is 18.1 Å². The SMILES string of the molecule is Cc1nc2c(n1CCCCCl)CCCC2. The number of fused-ring (bicyclic) bond motifs is 1. The highest BCUT2D eigenvalue weighted by molar-refractivity contribution is 6.17. The molecule has 0 saturated heterocycles. The van der Waals surface area contributed by atoms with E-state index in [0.717, 1.165) is 18.8 Å². The Kier molecular flexibility index (Phi) is 3.68. The highest BCUT2D eigenvalue weighted by atomic mass is 35.5. The fraction of sp³-hybridized carbons (Fsp3) is 0.750. The molecule has 1 aliphatic rings. The number of rotatable bonds is 4. The van der Waals surface area contributed by atoms with E-state index in [4.69, 9.17) is 11.6 Å². The van der Waals surface area contributed by atoms with E-state index in [9.17, 15) is 0 Å². The number of hydrogen-bond acceptors (Lipinski definition) is 1. The van der Waals surface area contributed by atoms with Crippen LogP contribution in [0.15, 0.2) is 0 Å². The zero-order chi connectivity index (χ0) is 10.7. The van der Waals surface area contributed by atoms with E-state index in [1.165, 1.54) is 49.3 Å². The lowest BCUT2D eigenvalue weighted by Gasteiger charge is -2.14. The van der Waals surface area contributed by atoms with Gasteiger partial charge in [0.05, 0.1) is 5.69 Å². The number of aromatic nitrogens is 2. The Morgan fingerprint density at radius 1 is 1.27 bits per heavy atom. The van der Waals surface area contributed by atoms with Crippen LogP contribution in [0.1, 0.15) is 42.9 Å². The van der Waals surface area contributed by atoms with E-state index in [-0.39, 0.29) is 0 Å². The first-order valence-corrected chi connectivity index (χ1v) is 6.47. The van der Waals surface area contributed by atoms with Crippen molar-refractivity contribution in [2.45, 2.75) is 52.0 Å². The summed E-state index contributed by atoms with van der Waals surface area (Å²) in [5, 5.41) is 0. The molecule has 0 aliphatic heterocycles. The Hall–Kier alpha value is -0.500. The second-order valence-electron chi connectivity index (χ2n) is 4.31. The summed E-state index contributed by atoms with van der Waals surface area (Å²) in [5.74, 6) is 1.96. The van der Waals surface area contributed by atoms with Crippen molar-refractivity contribution in [1.29, 1.82) is 0 Å². The van der Waals surface area contributed by atoms with Gasteiger partial charge in [-0.2, -0.15) is 0 Å². The molecule has 3 heteroatoms. The van der Waals surface area contributed by atoms with E-state index in [2.05, 4.69) is 16.5 Å². The second-order valence-corrected chi connectivity index (χ2v) is 4.69. The van der Waals surface area contributed by atoms with Crippen LogP contribution in [0.5, 0.6) is 0 Å². The second kappa shape index (κ2) is 5.02. The normalized spacial score (nSPS) is 15.3. The fourth-order valence-electron chi connectivity index (χ4n) is 2.40. The third kappa shape index (κ3) is 2.36. The molecule has 84 valence electrons. The highest BCUT2D eigenvalue weighted by Gasteiger charge is 2.17. The summed E-state index contributed by atoms with van der Waals surface area (Å²) < 4.78 is 2.40. The summed E-state index contributed by atoms with van der Waals surface area (Å²) in [4.78, 5) is 4.66. The average molecular weight is 227 g/mol. The predicted molar refractivity (Wildman–Crippen MR) is 63.6 cm³/mol. The van der Waals surface area contributed by atoms with Gasteiger partial charge in [-0.3, -0.25) is 0 Å². The lowest BCUT2D eigenvalue weighted by Crippen LogP contribution is -2.09. The Balaban J connectivity index is 2.11. The van der Waals surface area contributed by atoms with Crippen LogP contribution >= 0.6 is 11.6 Å². The van der Waals surface area contributed by atoms with Gasteiger partial charge in [-0.25, -0.2) is 4.98 Å². The van der Waals surface area contributed by atoms with Crippen molar-refractivity contribution in [2.75, 3.05) is 5.88 Å². The lowest BCUT2D eigenvalue weighted by molar-refractivity contribution is 0.569. The van der Waals surface area contributed by atoms with Gasteiger partial charge < -0.3 is 4.57 Å². The minimum Gasteiger partial charge on any atom is -0.332 e. The van der Waals surface area contributed by atoms with Gasteiger partial charge in [0.2, 0.25) is 0 Å². The minimum absolute atomic E-state index is 0.774. The quantitative estimate of drug-likeness (QED) is 0.570. The molecule has 15 heavy (non-hydrogen) atoms. The van der Waals surface area contributed by atoms with Crippen molar-refractivity contribution in [3.8, 4) is 0 Å². The maximum absolute atomic E-state index is 5.70. The van der Waals surface area contributed by atoms with Gasteiger partial charge >= 0.3 is 0 Å². The zero-order valence-electron chi connectivity index (χ0n) is 9.43. The van der Waals surface area contributed by atoms with Crippen LogP contribution < -0.4 is 0 Å². The standard InChI is InChI=1S/C12H19ClN2/c1-10-14-11-6-2-3-7-12(11)15(10)9-5-4-8-13/h2-9H2,1H3. The van der Waals surface area contributed by atoms with Gasteiger partial charge in [0.15, 0.2) is 0 Å². The van der Waals surface area contributed by atoms with Gasteiger partial charge in [-0.05, 0) is 45.4 Å². The lowest BCUT2D eigenvalue weighted by atomic mass is 10.0. The van der Waals surface area contributed by atoms with Crippen LogP contribution in [0.2, 0.25) is 0 Å². The number of unbranched alkanes of at least 4 members (excludes halogenated alkanes) is 1. The molecule has 0 unspecified atom stereocenters. The van der Waals surface area contributed by atoms with Crippen molar-refractivity contribution in [3.05, 3.63) is 17.2 Å². The number of nitrogens with zero attached hydrogens (tertiary/aromatic N) is 2. The monoisotopic (exact) mass is 226 g/mol. The number of aryl methyl sites for hydroxylation is 2. The molecule has 0 spiro atoms. The molecule has 0 N–H and O–H groups in total. The van der Waals surface area contributed by atoms with Crippen molar-refractivity contribution in [2.24, 2.45) is 0 Å². The van der Waals surface area contributed by atoms with Crippen LogP contribution in [0.3, 0.4) is 0 Å². The number of halogens is 1. The minimum atomic E-state index is 0.774. The summed E-state index contributed by atoms with van der Waals surface area (Å²) in [6.07, 6.45) is 7.32. The average Bonchev–Trinajstić information content (AvgIpc) is 2.56. The molecule has 2 rings (SSSR count). The molecular weight excluding hydrogens is 208 g/mol. The molecule has 1 aliphatic carbocycles. The van der Waals surface area contributed by atoms with Crippen molar-refractivity contribution >= 4 is 11.6 Å². The summed E-state index contributed by atoms with van der Waals surface area (Å²) in [6, 6.07) is 0. The highest BCUT2D eigenvalue weighted by Crippen LogP contribution is 2.22. The van der Waals surface area contributed by atoms with E-state index in [0.29, 0.717) is 0 Å². The summed E-state index contributed by atoms with van der Waals surface area (Å²) in [7, 11) is 0. The molecule has 0 radical (unpaired) electrons. The predicted octanol–water partition coefficient (Wildman–Crippen LogP) is 3.09. The first-order chi connectivity index (χ1) is 7.33. The number of imidazole rings is 1. The molecule has 0 aromatic carbocycles. The molecular formula is C12H19ClN2. The van der Waals surface area contributed by atoms with Gasteiger partial charge in [0.1, 0.15) is 5.82 Å². The van der Waals surface area contributed by atoms with Crippen LogP contribution in [-0.2, 0) is 19.4 Å².